The maximum absolute atomic E-state index is 4.06. The molecule has 0 aliphatic rings. The number of nitrogens with one attached hydrogen (secondary N) is 1. The second-order valence-corrected chi connectivity index (χ2v) is 5.58. The Morgan fingerprint density at radius 1 is 1.29 bits per heavy atom. The summed E-state index contributed by atoms with van der Waals surface area (Å²) in [5, 5.41) is 3.24. The predicted octanol–water partition coefficient (Wildman–Crippen LogP) is 4.76. The van der Waals surface area contributed by atoms with Gasteiger partial charge in [-0.2, -0.15) is 0 Å². The molecule has 0 fully saturated rings. The van der Waals surface area contributed by atoms with E-state index in [-0.39, 0.29) is 6.04 Å². The van der Waals surface area contributed by atoms with E-state index in [4.69, 9.17) is 0 Å². The lowest BCUT2D eigenvalue weighted by Gasteiger charge is -2.16. The molecule has 0 aliphatic carbocycles. The van der Waals surface area contributed by atoms with E-state index in [9.17, 15) is 0 Å². The van der Waals surface area contributed by atoms with Gasteiger partial charge in [0.15, 0.2) is 0 Å². The van der Waals surface area contributed by atoms with Crippen LogP contribution < -0.4 is 5.32 Å². The molecule has 0 spiro atoms. The first kappa shape index (κ1) is 17.2. The van der Waals surface area contributed by atoms with Gasteiger partial charge in [0.1, 0.15) is 0 Å². The van der Waals surface area contributed by atoms with E-state index >= 15 is 0 Å². The Morgan fingerprint density at radius 3 is 2.52 bits per heavy atom. The van der Waals surface area contributed by atoms with Gasteiger partial charge in [-0.15, -0.1) is 6.58 Å². The van der Waals surface area contributed by atoms with E-state index in [2.05, 4.69) is 68.7 Å². The van der Waals surface area contributed by atoms with E-state index < -0.39 is 0 Å². The second-order valence-electron chi connectivity index (χ2n) is 5.58. The lowest BCUT2D eigenvalue weighted by atomic mass is 9.98. The average molecular weight is 281 g/mol. The molecular weight excluding hydrogens is 254 g/mol. The summed E-state index contributed by atoms with van der Waals surface area (Å²) in [4.78, 5) is 0. The fraction of sp³-hybridized carbons (Fsp3) is 0.300. The highest BCUT2D eigenvalue weighted by Gasteiger charge is 2.07. The third-order valence-electron chi connectivity index (χ3n) is 3.49. The summed E-state index contributed by atoms with van der Waals surface area (Å²) in [6, 6.07) is 8.80. The third-order valence-corrected chi connectivity index (χ3v) is 3.49. The van der Waals surface area contributed by atoms with Crippen molar-refractivity contribution in [1.29, 1.82) is 0 Å². The monoisotopic (exact) mass is 281 g/mol. The maximum atomic E-state index is 4.06. The molecule has 1 atom stereocenters. The zero-order valence-electron chi connectivity index (χ0n) is 13.7. The van der Waals surface area contributed by atoms with Crippen LogP contribution in [-0.4, -0.2) is 13.1 Å². The van der Waals surface area contributed by atoms with Crippen molar-refractivity contribution in [2.75, 3.05) is 7.05 Å². The van der Waals surface area contributed by atoms with Crippen LogP contribution in [-0.2, 0) is 6.42 Å². The van der Waals surface area contributed by atoms with Crippen LogP contribution in [0, 0.1) is 6.92 Å². The molecule has 1 aromatic rings. The topological polar surface area (TPSA) is 12.0 Å². The minimum Gasteiger partial charge on any atom is -0.310 e. The van der Waals surface area contributed by atoms with Crippen molar-refractivity contribution < 1.29 is 0 Å². The molecule has 0 aliphatic heterocycles. The Bertz CT molecular complexity index is 561. The maximum Gasteiger partial charge on any atom is 0.0503 e. The molecule has 21 heavy (non-hydrogen) atoms. The molecule has 0 saturated carbocycles. The van der Waals surface area contributed by atoms with Crippen LogP contribution in [0.5, 0.6) is 0 Å². The molecule has 1 unspecified atom stereocenters. The van der Waals surface area contributed by atoms with E-state index in [1.807, 2.05) is 20.0 Å². The molecule has 1 N–H and O–H groups in total. The van der Waals surface area contributed by atoms with E-state index in [1.54, 1.807) is 0 Å². The van der Waals surface area contributed by atoms with Crippen molar-refractivity contribution in [1.82, 2.24) is 5.32 Å². The smallest absolute Gasteiger partial charge is 0.0503 e. The van der Waals surface area contributed by atoms with Crippen molar-refractivity contribution in [3.8, 4) is 0 Å². The molecule has 112 valence electrons. The summed E-state index contributed by atoms with van der Waals surface area (Å²) >= 11 is 0. The SMILES string of the molecule is C=CC(NC)/C(=C/C=C(\C)Cc1cccc(C)c1)C(=C)C. The van der Waals surface area contributed by atoms with Gasteiger partial charge in [-0.05, 0) is 45.4 Å². The summed E-state index contributed by atoms with van der Waals surface area (Å²) in [5.74, 6) is 0. The van der Waals surface area contributed by atoms with E-state index in [0.717, 1.165) is 12.0 Å². The number of hydrogen-bond acceptors (Lipinski definition) is 1. The third kappa shape index (κ3) is 5.57. The summed E-state index contributed by atoms with van der Waals surface area (Å²) in [7, 11) is 1.94. The molecule has 0 amide bonds. The highest BCUT2D eigenvalue weighted by molar-refractivity contribution is 5.38. The highest BCUT2D eigenvalue weighted by atomic mass is 14.9. The number of likely N-dealkylation sites (N-methyl/N-ethyl adjacent to an activating group) is 1. The molecule has 1 nitrogen and oxygen atoms in total. The van der Waals surface area contributed by atoms with Gasteiger partial charge in [0.05, 0.1) is 6.04 Å². The number of benzene rings is 1. The molecule has 1 aromatic carbocycles. The fourth-order valence-corrected chi connectivity index (χ4v) is 2.35. The Labute approximate surface area is 129 Å². The number of hydrogen-bond donors (Lipinski definition) is 1. The van der Waals surface area contributed by atoms with Crippen LogP contribution in [0.1, 0.15) is 25.0 Å². The van der Waals surface area contributed by atoms with Crippen molar-refractivity contribution in [2.45, 2.75) is 33.2 Å². The summed E-state index contributed by atoms with van der Waals surface area (Å²) in [6.07, 6.45) is 7.21. The van der Waals surface area contributed by atoms with Crippen LogP contribution in [0.3, 0.4) is 0 Å². The molecule has 1 rings (SSSR count). The fourth-order valence-electron chi connectivity index (χ4n) is 2.35. The van der Waals surface area contributed by atoms with Gasteiger partial charge in [-0.3, -0.25) is 0 Å². The van der Waals surface area contributed by atoms with Gasteiger partial charge in [0.2, 0.25) is 0 Å². The van der Waals surface area contributed by atoms with Crippen LogP contribution >= 0.6 is 0 Å². The Morgan fingerprint density at radius 2 is 2.00 bits per heavy atom. The van der Waals surface area contributed by atoms with E-state index in [1.165, 1.54) is 22.3 Å². The Hall–Kier alpha value is -1.86. The van der Waals surface area contributed by atoms with Crippen LogP contribution in [0.2, 0.25) is 0 Å². The quantitative estimate of drug-likeness (QED) is 0.561. The number of allylic oxidation sites excluding steroid dienone is 3. The molecular formula is C20H27N. The zero-order chi connectivity index (χ0) is 15.8. The number of rotatable bonds is 7. The molecule has 0 bridgehead atoms. The van der Waals surface area contributed by atoms with Crippen molar-refractivity contribution in [3.05, 3.63) is 83.5 Å². The normalized spacial score (nSPS) is 13.9. The molecule has 0 radical (unpaired) electrons. The van der Waals surface area contributed by atoms with Gasteiger partial charge < -0.3 is 5.32 Å². The summed E-state index contributed by atoms with van der Waals surface area (Å²) in [5.41, 5.74) is 6.23. The van der Waals surface area contributed by atoms with Gasteiger partial charge in [-0.25, -0.2) is 0 Å². The van der Waals surface area contributed by atoms with Crippen molar-refractivity contribution in [3.63, 3.8) is 0 Å². The zero-order valence-corrected chi connectivity index (χ0v) is 13.7. The minimum atomic E-state index is 0.144. The van der Waals surface area contributed by atoms with Crippen molar-refractivity contribution >= 4 is 0 Å². The lowest BCUT2D eigenvalue weighted by molar-refractivity contribution is 0.759. The molecule has 0 saturated heterocycles. The minimum absolute atomic E-state index is 0.144. The van der Waals surface area contributed by atoms with Crippen LogP contribution in [0.15, 0.2) is 72.4 Å². The summed E-state index contributed by atoms with van der Waals surface area (Å²) < 4.78 is 0. The van der Waals surface area contributed by atoms with Gasteiger partial charge >= 0.3 is 0 Å². The predicted molar refractivity (Wildman–Crippen MR) is 94.6 cm³/mol. The molecule has 1 heteroatoms. The highest BCUT2D eigenvalue weighted by Crippen LogP contribution is 2.15. The van der Waals surface area contributed by atoms with Gasteiger partial charge in [0, 0.05) is 0 Å². The summed E-state index contributed by atoms with van der Waals surface area (Å²) in [6.45, 7) is 14.3. The lowest BCUT2D eigenvalue weighted by Crippen LogP contribution is -2.25. The Kier molecular flexibility index (Phi) is 6.90. The molecule has 0 heterocycles. The van der Waals surface area contributed by atoms with Gasteiger partial charge in [0.25, 0.3) is 0 Å². The van der Waals surface area contributed by atoms with Crippen LogP contribution in [0.4, 0.5) is 0 Å². The van der Waals surface area contributed by atoms with Crippen LogP contribution in [0.25, 0.3) is 0 Å². The number of aryl methyl sites for hydroxylation is 1. The largest absolute Gasteiger partial charge is 0.310 e. The Balaban J connectivity index is 2.91. The second kappa shape index (κ2) is 8.43. The first-order valence-electron chi connectivity index (χ1n) is 7.36. The molecule has 0 aromatic heterocycles. The first-order chi connectivity index (χ1) is 9.97. The van der Waals surface area contributed by atoms with Crippen molar-refractivity contribution in [2.24, 2.45) is 0 Å². The van der Waals surface area contributed by atoms with Gasteiger partial charge in [-0.1, -0.05) is 65.8 Å². The standard InChI is InChI=1S/C20H27N/c1-7-20(21-6)19(15(2)3)12-11-17(5)14-18-10-8-9-16(4)13-18/h7-13,20-21H,1-2,14H2,3-6H3/b17-11+,19-12+. The average Bonchev–Trinajstić information content (AvgIpc) is 2.43. The first-order valence-corrected chi connectivity index (χ1v) is 7.36. The van der Waals surface area contributed by atoms with E-state index in [0.29, 0.717) is 0 Å².